The molecule has 4 aromatic carbocycles. The maximum Gasteiger partial charge on any atom is 0.411 e. The van der Waals surface area contributed by atoms with Crippen LogP contribution in [0, 0.1) is 0 Å². The molecule has 0 saturated heterocycles. The molecule has 0 amide bonds. The number of alkyl halides is 6. The Bertz CT molecular complexity index is 1770. The lowest BCUT2D eigenvalue weighted by Gasteiger charge is -2.38. The number of fused-ring (bicyclic) bond motifs is 2. The highest BCUT2D eigenvalue weighted by Gasteiger charge is 2.72. The number of rotatable bonds is 4. The van der Waals surface area contributed by atoms with Gasteiger partial charge in [0, 0.05) is 5.56 Å². The average Bonchev–Trinajstić information content (AvgIpc) is 3.54. The zero-order chi connectivity index (χ0) is 27.4. The van der Waals surface area contributed by atoms with Crippen LogP contribution in [0.4, 0.5) is 26.3 Å². The third-order valence-electron chi connectivity index (χ3n) is 6.88. The topological polar surface area (TPSA) is 57.4 Å². The Morgan fingerprint density at radius 1 is 0.564 bits per heavy atom. The van der Waals surface area contributed by atoms with E-state index in [9.17, 15) is 26.3 Å². The van der Waals surface area contributed by atoms with Crippen LogP contribution in [0.2, 0.25) is 0 Å². The molecular weight excluding hydrogens is 518 g/mol. The summed E-state index contributed by atoms with van der Waals surface area (Å²) in [5.41, 5.74) is -0.850. The average molecular weight is 536 g/mol. The van der Waals surface area contributed by atoms with E-state index >= 15 is 0 Å². The van der Waals surface area contributed by atoms with Crippen LogP contribution in [0.25, 0.3) is 44.6 Å². The third kappa shape index (κ3) is 3.94. The summed E-state index contributed by atoms with van der Waals surface area (Å²) in [6.07, 6.45) is -9.66. The molecule has 0 saturated carbocycles. The number of aromatic amines is 2. The fourth-order valence-electron chi connectivity index (χ4n) is 4.99. The summed E-state index contributed by atoms with van der Waals surface area (Å²) in [6, 6.07) is 20.9. The maximum absolute atomic E-state index is 14.3. The molecule has 2 heterocycles. The molecule has 39 heavy (non-hydrogen) atoms. The van der Waals surface area contributed by atoms with Gasteiger partial charge in [-0.2, -0.15) is 26.3 Å². The van der Waals surface area contributed by atoms with Crippen LogP contribution in [-0.4, -0.2) is 32.3 Å². The van der Waals surface area contributed by atoms with Crippen LogP contribution < -0.4 is 0 Å². The van der Waals surface area contributed by atoms with Gasteiger partial charge in [-0.25, -0.2) is 9.97 Å². The number of imidazole rings is 2. The second-order valence-electron chi connectivity index (χ2n) is 9.14. The van der Waals surface area contributed by atoms with E-state index in [1.807, 2.05) is 30.3 Å². The molecule has 10 heteroatoms. The van der Waals surface area contributed by atoms with E-state index in [0.29, 0.717) is 22.4 Å². The van der Waals surface area contributed by atoms with E-state index < -0.39 is 28.9 Å². The highest BCUT2D eigenvalue weighted by atomic mass is 19.4. The molecular formula is C29H18F6N4. The van der Waals surface area contributed by atoms with E-state index in [2.05, 4.69) is 19.9 Å². The van der Waals surface area contributed by atoms with Crippen molar-refractivity contribution in [1.82, 2.24) is 19.9 Å². The summed E-state index contributed by atoms with van der Waals surface area (Å²) in [7, 11) is 0. The van der Waals surface area contributed by atoms with Gasteiger partial charge in [-0.05, 0) is 46.5 Å². The molecule has 0 unspecified atom stereocenters. The highest BCUT2D eigenvalue weighted by Crippen LogP contribution is 2.56. The number of hydrogen-bond acceptors (Lipinski definition) is 2. The minimum atomic E-state index is -5.64. The van der Waals surface area contributed by atoms with Crippen LogP contribution in [0.3, 0.4) is 0 Å². The van der Waals surface area contributed by atoms with E-state index in [0.717, 1.165) is 58.6 Å². The van der Waals surface area contributed by atoms with Crippen molar-refractivity contribution in [3.05, 3.63) is 108 Å². The van der Waals surface area contributed by atoms with Gasteiger partial charge in [0.15, 0.2) is 0 Å². The molecule has 6 aromatic rings. The quantitative estimate of drug-likeness (QED) is 0.223. The number of aromatic nitrogens is 4. The van der Waals surface area contributed by atoms with Crippen molar-refractivity contribution < 1.29 is 26.3 Å². The van der Waals surface area contributed by atoms with E-state index in [4.69, 9.17) is 0 Å². The van der Waals surface area contributed by atoms with E-state index in [1.54, 1.807) is 12.4 Å². The Labute approximate surface area is 217 Å². The summed E-state index contributed by atoms with van der Waals surface area (Å²) in [4.78, 5) is 14.9. The van der Waals surface area contributed by atoms with Crippen LogP contribution in [-0.2, 0) is 5.41 Å². The van der Waals surface area contributed by atoms with Crippen LogP contribution >= 0.6 is 0 Å². The molecule has 0 bridgehead atoms. The van der Waals surface area contributed by atoms with Crippen molar-refractivity contribution in [2.45, 2.75) is 17.8 Å². The van der Waals surface area contributed by atoms with Crippen molar-refractivity contribution >= 4 is 22.1 Å². The molecule has 0 fully saturated rings. The first-order valence-corrected chi connectivity index (χ1v) is 11.8. The second kappa shape index (κ2) is 8.72. The molecule has 196 valence electrons. The lowest BCUT2D eigenvalue weighted by atomic mass is 9.73. The van der Waals surface area contributed by atoms with Crippen molar-refractivity contribution in [1.29, 1.82) is 0 Å². The fourth-order valence-corrected chi connectivity index (χ4v) is 4.99. The SMILES string of the molecule is FC(F)(F)C(c1ccccc1)(c1ccc(-c2nc3ccc(-c4ccc5nc[nH]c5c4)cc3[nH]2)cc1)C(F)(F)F. The zero-order valence-electron chi connectivity index (χ0n) is 19.9. The molecule has 0 spiro atoms. The van der Waals surface area contributed by atoms with Crippen molar-refractivity contribution in [2.24, 2.45) is 0 Å². The number of H-pyrrole nitrogens is 2. The zero-order valence-corrected chi connectivity index (χ0v) is 19.9. The molecule has 6 rings (SSSR count). The first-order chi connectivity index (χ1) is 18.6. The van der Waals surface area contributed by atoms with Gasteiger partial charge < -0.3 is 9.97 Å². The number of hydrogen-bond donors (Lipinski definition) is 2. The van der Waals surface area contributed by atoms with E-state index in [1.165, 1.54) is 18.2 Å². The lowest BCUT2D eigenvalue weighted by molar-refractivity contribution is -0.288. The molecule has 0 aliphatic carbocycles. The Hall–Kier alpha value is -4.60. The van der Waals surface area contributed by atoms with Gasteiger partial charge in [0.05, 0.1) is 28.4 Å². The Morgan fingerprint density at radius 2 is 1.13 bits per heavy atom. The lowest BCUT2D eigenvalue weighted by Crippen LogP contribution is -2.54. The molecule has 0 radical (unpaired) electrons. The second-order valence-corrected chi connectivity index (χ2v) is 9.14. The van der Waals surface area contributed by atoms with Gasteiger partial charge in [0.1, 0.15) is 5.82 Å². The van der Waals surface area contributed by atoms with Gasteiger partial charge in [-0.1, -0.05) is 66.7 Å². The highest BCUT2D eigenvalue weighted by molar-refractivity contribution is 5.87. The van der Waals surface area contributed by atoms with Crippen LogP contribution in [0.1, 0.15) is 11.1 Å². The van der Waals surface area contributed by atoms with Gasteiger partial charge in [0.25, 0.3) is 0 Å². The Morgan fingerprint density at radius 3 is 1.77 bits per heavy atom. The fraction of sp³-hybridized carbons (Fsp3) is 0.103. The van der Waals surface area contributed by atoms with Gasteiger partial charge in [-0.15, -0.1) is 0 Å². The molecule has 0 atom stereocenters. The molecule has 2 aromatic heterocycles. The summed E-state index contributed by atoms with van der Waals surface area (Å²) in [5.74, 6) is 0.321. The first kappa shape index (κ1) is 24.7. The van der Waals surface area contributed by atoms with Crippen molar-refractivity contribution in [3.63, 3.8) is 0 Å². The molecule has 0 aliphatic heterocycles. The Kier molecular flexibility index (Phi) is 5.53. The number of benzene rings is 4. The first-order valence-electron chi connectivity index (χ1n) is 11.8. The van der Waals surface area contributed by atoms with Gasteiger partial charge >= 0.3 is 12.4 Å². The van der Waals surface area contributed by atoms with Crippen molar-refractivity contribution in [2.75, 3.05) is 0 Å². The van der Waals surface area contributed by atoms with Crippen molar-refractivity contribution in [3.8, 4) is 22.5 Å². The number of halogens is 6. The monoisotopic (exact) mass is 536 g/mol. The predicted molar refractivity (Wildman–Crippen MR) is 136 cm³/mol. The summed E-state index contributed by atoms with van der Waals surface area (Å²) in [6.45, 7) is 0. The maximum atomic E-state index is 14.3. The van der Waals surface area contributed by atoms with Gasteiger partial charge in [0.2, 0.25) is 5.41 Å². The predicted octanol–water partition coefficient (Wildman–Crippen LogP) is 8.18. The summed E-state index contributed by atoms with van der Waals surface area (Å²) in [5, 5.41) is 0. The molecule has 4 nitrogen and oxygen atoms in total. The number of nitrogens with one attached hydrogen (secondary N) is 2. The normalized spacial score (nSPS) is 12.9. The standard InChI is InChI=1S/C29H18F6N4/c30-28(31,32)27(29(33,34)35,20-4-2-1-3-5-20)21-10-6-17(7-11-21)26-38-23-13-9-19(15-25(23)39-26)18-8-12-22-24(14-18)37-16-36-22/h1-16H,(H,36,37)(H,38,39). The van der Waals surface area contributed by atoms with Crippen LogP contribution in [0.5, 0.6) is 0 Å². The molecule has 0 aliphatic rings. The minimum absolute atomic E-state index is 0.321. The summed E-state index contributed by atoms with van der Waals surface area (Å²) >= 11 is 0. The summed E-state index contributed by atoms with van der Waals surface area (Å²) < 4.78 is 85.8. The molecule has 2 N–H and O–H groups in total. The Balaban J connectivity index is 1.40. The number of nitrogens with zero attached hydrogens (tertiary/aromatic N) is 2. The van der Waals surface area contributed by atoms with Gasteiger partial charge in [-0.3, -0.25) is 0 Å². The minimum Gasteiger partial charge on any atom is -0.345 e. The van der Waals surface area contributed by atoms with E-state index in [-0.39, 0.29) is 0 Å². The van der Waals surface area contributed by atoms with Crippen LogP contribution in [0.15, 0.2) is 97.3 Å². The third-order valence-corrected chi connectivity index (χ3v) is 6.88. The largest absolute Gasteiger partial charge is 0.411 e. The smallest absolute Gasteiger partial charge is 0.345 e.